The van der Waals surface area contributed by atoms with Crippen LogP contribution in [-0.4, -0.2) is 23.8 Å². The molecule has 2 fully saturated rings. The van der Waals surface area contributed by atoms with Crippen molar-refractivity contribution in [3.05, 3.63) is 107 Å². The maximum absolute atomic E-state index is 13.5. The summed E-state index contributed by atoms with van der Waals surface area (Å²) in [7, 11) is 0. The van der Waals surface area contributed by atoms with Crippen LogP contribution >= 0.6 is 0 Å². The molecule has 3 aromatic rings. The zero-order valence-corrected chi connectivity index (χ0v) is 16.2. The first kappa shape index (κ1) is 18.3. The average molecular weight is 385 g/mol. The van der Waals surface area contributed by atoms with Crippen molar-refractivity contribution in [1.29, 1.82) is 0 Å². The van der Waals surface area contributed by atoms with E-state index in [0.717, 1.165) is 25.2 Å². The Morgan fingerprint density at radius 3 is 2.14 bits per heavy atom. The number of benzene rings is 3. The Morgan fingerprint density at radius 2 is 1.45 bits per heavy atom. The third kappa shape index (κ3) is 3.40. The van der Waals surface area contributed by atoms with E-state index in [1.54, 1.807) is 12.1 Å². The van der Waals surface area contributed by atoms with Gasteiger partial charge in [-0.25, -0.2) is 4.39 Å². The van der Waals surface area contributed by atoms with E-state index in [2.05, 4.69) is 41.3 Å². The molecule has 0 radical (unpaired) electrons. The highest BCUT2D eigenvalue weighted by molar-refractivity contribution is 5.92. The molecule has 1 aliphatic carbocycles. The number of rotatable bonds is 4. The largest absolute Gasteiger partial charge is 0.299 e. The molecule has 3 aromatic carbocycles. The molecule has 5 rings (SSSR count). The van der Waals surface area contributed by atoms with Crippen LogP contribution in [0.1, 0.15) is 28.5 Å². The number of Topliss-reactive ketones (excluding diaryl/α,β-unsaturated/α-hetero) is 1. The van der Waals surface area contributed by atoms with Crippen molar-refractivity contribution in [3.63, 3.8) is 0 Å². The highest BCUT2D eigenvalue weighted by atomic mass is 19.1. The van der Waals surface area contributed by atoms with Crippen LogP contribution in [0.25, 0.3) is 0 Å². The van der Waals surface area contributed by atoms with Crippen LogP contribution in [0.4, 0.5) is 4.39 Å². The molecule has 2 nitrogen and oxygen atoms in total. The fourth-order valence-corrected chi connectivity index (χ4v) is 5.36. The number of likely N-dealkylation sites (tertiary alicyclic amines) is 1. The average Bonchev–Trinajstić information content (AvgIpc) is 3.27. The number of carbonyl (C=O) groups excluding carboxylic acids is 1. The number of ketones is 1. The summed E-state index contributed by atoms with van der Waals surface area (Å²) in [5, 5.41) is 0. The van der Waals surface area contributed by atoms with Gasteiger partial charge in [0.2, 0.25) is 0 Å². The molecular weight excluding hydrogens is 361 g/mol. The lowest BCUT2D eigenvalue weighted by Crippen LogP contribution is -2.26. The van der Waals surface area contributed by atoms with Crippen LogP contribution in [0.3, 0.4) is 0 Å². The molecule has 1 heterocycles. The Bertz CT molecular complexity index is 986. The van der Waals surface area contributed by atoms with Crippen LogP contribution in [-0.2, 0) is 11.3 Å². The Morgan fingerprint density at radius 1 is 0.793 bits per heavy atom. The van der Waals surface area contributed by atoms with Crippen molar-refractivity contribution >= 4 is 5.78 Å². The topological polar surface area (TPSA) is 20.3 Å². The summed E-state index contributed by atoms with van der Waals surface area (Å²) < 4.78 is 13.5. The highest BCUT2D eigenvalue weighted by Crippen LogP contribution is 2.53. The first-order valence-electron chi connectivity index (χ1n) is 10.3. The lowest BCUT2D eigenvalue weighted by Gasteiger charge is -2.26. The Hall–Kier alpha value is -2.78. The summed E-state index contributed by atoms with van der Waals surface area (Å²) in [6.45, 7) is 2.60. The number of carbonyl (C=O) groups is 1. The van der Waals surface area contributed by atoms with E-state index in [0.29, 0.717) is 11.7 Å². The lowest BCUT2D eigenvalue weighted by molar-refractivity contribution is -0.122. The summed E-state index contributed by atoms with van der Waals surface area (Å²) in [6, 6.07) is 27.4. The molecule has 0 amide bonds. The van der Waals surface area contributed by atoms with Crippen molar-refractivity contribution in [3.8, 4) is 0 Å². The van der Waals surface area contributed by atoms with E-state index >= 15 is 0 Å². The van der Waals surface area contributed by atoms with Crippen molar-refractivity contribution in [2.24, 2.45) is 11.8 Å². The van der Waals surface area contributed by atoms with Gasteiger partial charge in [0.05, 0.1) is 5.92 Å². The predicted octanol–water partition coefficient (Wildman–Crippen LogP) is 5.02. The van der Waals surface area contributed by atoms with E-state index in [9.17, 15) is 9.18 Å². The Kier molecular flexibility index (Phi) is 4.76. The van der Waals surface area contributed by atoms with Gasteiger partial charge in [0.25, 0.3) is 0 Å². The van der Waals surface area contributed by atoms with Gasteiger partial charge < -0.3 is 0 Å². The van der Waals surface area contributed by atoms with Gasteiger partial charge in [0.1, 0.15) is 11.6 Å². The number of nitrogens with zero attached hydrogens (tertiary/aromatic N) is 1. The minimum atomic E-state index is -0.260. The van der Waals surface area contributed by atoms with E-state index < -0.39 is 0 Å². The monoisotopic (exact) mass is 385 g/mol. The second-order valence-electron chi connectivity index (χ2n) is 8.32. The van der Waals surface area contributed by atoms with E-state index in [1.165, 1.54) is 23.3 Å². The SMILES string of the molecule is O=C1C2CN(Cc3ccccc3)CC2C(c2ccccc2)C1c1ccc(F)cc1. The van der Waals surface area contributed by atoms with Crippen LogP contribution in [0.15, 0.2) is 84.9 Å². The Labute approximate surface area is 171 Å². The fraction of sp³-hybridized carbons (Fsp3) is 0.269. The molecular formula is C26H24FNO. The minimum Gasteiger partial charge on any atom is -0.299 e. The summed E-state index contributed by atoms with van der Waals surface area (Å²) in [5.41, 5.74) is 3.43. The van der Waals surface area contributed by atoms with Gasteiger partial charge in [-0.3, -0.25) is 9.69 Å². The maximum atomic E-state index is 13.5. The molecule has 0 spiro atoms. The summed E-state index contributed by atoms with van der Waals surface area (Å²) >= 11 is 0. The smallest absolute Gasteiger partial charge is 0.145 e. The standard InChI is InChI=1S/C26H24FNO/c27-21-13-11-20(12-14-21)25-24(19-9-5-2-6-10-19)22-16-28(17-23(22)26(25)29)15-18-7-3-1-4-8-18/h1-14,22-25H,15-17H2. The number of hydrogen-bond donors (Lipinski definition) is 0. The quantitative estimate of drug-likeness (QED) is 0.628. The summed E-state index contributed by atoms with van der Waals surface area (Å²) in [6.07, 6.45) is 0. The second kappa shape index (κ2) is 7.57. The maximum Gasteiger partial charge on any atom is 0.145 e. The number of fused-ring (bicyclic) bond motifs is 1. The van der Waals surface area contributed by atoms with Crippen LogP contribution < -0.4 is 0 Å². The van der Waals surface area contributed by atoms with E-state index in [1.807, 2.05) is 24.3 Å². The fourth-order valence-electron chi connectivity index (χ4n) is 5.36. The zero-order chi connectivity index (χ0) is 19.8. The molecule has 29 heavy (non-hydrogen) atoms. The Balaban J connectivity index is 1.47. The molecule has 146 valence electrons. The van der Waals surface area contributed by atoms with E-state index in [-0.39, 0.29) is 23.6 Å². The second-order valence-corrected chi connectivity index (χ2v) is 8.32. The number of hydrogen-bond acceptors (Lipinski definition) is 2. The van der Waals surface area contributed by atoms with Gasteiger partial charge in [0, 0.05) is 31.5 Å². The molecule has 0 aromatic heterocycles. The van der Waals surface area contributed by atoms with Crippen LogP contribution in [0.5, 0.6) is 0 Å². The molecule has 2 aliphatic rings. The summed E-state index contributed by atoms with van der Waals surface area (Å²) in [4.78, 5) is 15.9. The molecule has 1 saturated heterocycles. The van der Waals surface area contributed by atoms with Gasteiger partial charge in [-0.1, -0.05) is 72.8 Å². The normalized spacial score (nSPS) is 26.6. The zero-order valence-electron chi connectivity index (χ0n) is 16.2. The number of halogens is 1. The van der Waals surface area contributed by atoms with Gasteiger partial charge in [0.15, 0.2) is 0 Å². The molecule has 1 saturated carbocycles. The van der Waals surface area contributed by atoms with Gasteiger partial charge in [-0.05, 0) is 34.7 Å². The molecule has 4 unspecified atom stereocenters. The lowest BCUT2D eigenvalue weighted by atomic mass is 9.79. The van der Waals surface area contributed by atoms with Crippen molar-refractivity contribution < 1.29 is 9.18 Å². The van der Waals surface area contributed by atoms with E-state index in [4.69, 9.17) is 0 Å². The molecule has 3 heteroatoms. The first-order chi connectivity index (χ1) is 14.2. The molecule has 0 bridgehead atoms. The third-order valence-electron chi connectivity index (χ3n) is 6.60. The van der Waals surface area contributed by atoms with Gasteiger partial charge in [-0.2, -0.15) is 0 Å². The molecule has 0 N–H and O–H groups in total. The predicted molar refractivity (Wildman–Crippen MR) is 112 cm³/mol. The van der Waals surface area contributed by atoms with Crippen molar-refractivity contribution in [2.75, 3.05) is 13.1 Å². The first-order valence-corrected chi connectivity index (χ1v) is 10.3. The van der Waals surface area contributed by atoms with Gasteiger partial charge >= 0.3 is 0 Å². The molecule has 4 atom stereocenters. The van der Waals surface area contributed by atoms with Crippen molar-refractivity contribution in [1.82, 2.24) is 4.90 Å². The molecule has 1 aliphatic heterocycles. The third-order valence-corrected chi connectivity index (χ3v) is 6.60. The van der Waals surface area contributed by atoms with Crippen LogP contribution in [0.2, 0.25) is 0 Å². The van der Waals surface area contributed by atoms with Gasteiger partial charge in [-0.15, -0.1) is 0 Å². The minimum absolute atomic E-state index is 0.0407. The van der Waals surface area contributed by atoms with Crippen LogP contribution in [0, 0.1) is 17.7 Å². The van der Waals surface area contributed by atoms with Crippen molar-refractivity contribution in [2.45, 2.75) is 18.4 Å². The summed E-state index contributed by atoms with van der Waals surface area (Å²) in [5.74, 6) is 0.338. The highest BCUT2D eigenvalue weighted by Gasteiger charge is 2.54.